The Bertz CT molecular complexity index is 1680. The number of fused-ring (bicyclic) bond motifs is 1. The number of likely N-dealkylation sites (tertiary alicyclic amines) is 1. The lowest BCUT2D eigenvalue weighted by Crippen LogP contribution is -2.38. The highest BCUT2D eigenvalue weighted by molar-refractivity contribution is 7.21. The van der Waals surface area contributed by atoms with Gasteiger partial charge in [-0.05, 0) is 55.0 Å². The fourth-order valence-electron chi connectivity index (χ4n) is 5.70. The van der Waals surface area contributed by atoms with Gasteiger partial charge in [-0.15, -0.1) is 11.3 Å². The number of carbonyl (C=O) groups excluding carboxylic acids is 1. The van der Waals surface area contributed by atoms with E-state index in [1.807, 2.05) is 65.6 Å². The van der Waals surface area contributed by atoms with Crippen molar-refractivity contribution in [1.29, 1.82) is 0 Å². The van der Waals surface area contributed by atoms with Crippen LogP contribution in [0.15, 0.2) is 84.9 Å². The van der Waals surface area contributed by atoms with E-state index in [0.717, 1.165) is 65.0 Å². The molecule has 6 rings (SSSR count). The number of benzene rings is 3. The topological polar surface area (TPSA) is 77.7 Å². The largest absolute Gasteiger partial charge is 0.497 e. The van der Waals surface area contributed by atoms with Crippen LogP contribution in [-0.2, 0) is 6.42 Å². The molecular formula is C34H33N3O3S. The summed E-state index contributed by atoms with van der Waals surface area (Å²) in [4.78, 5) is 22.1. The summed E-state index contributed by atoms with van der Waals surface area (Å²) < 4.78 is 11.3. The van der Waals surface area contributed by atoms with E-state index in [1.165, 1.54) is 16.9 Å². The number of nitrogen functional groups attached to an aromatic ring is 1. The monoisotopic (exact) mass is 563 g/mol. The minimum atomic E-state index is -0.0199. The van der Waals surface area contributed by atoms with Gasteiger partial charge in [0.2, 0.25) is 0 Å². The Morgan fingerprint density at radius 2 is 1.63 bits per heavy atom. The number of ether oxygens (including phenoxy) is 2. The summed E-state index contributed by atoms with van der Waals surface area (Å²) in [6.45, 7) is 1.45. The average Bonchev–Trinajstić information content (AvgIpc) is 3.37. The van der Waals surface area contributed by atoms with E-state index >= 15 is 0 Å². The third-order valence-corrected chi connectivity index (χ3v) is 9.02. The van der Waals surface area contributed by atoms with Crippen molar-refractivity contribution in [3.05, 3.63) is 95.4 Å². The maximum atomic E-state index is 13.9. The molecule has 1 saturated heterocycles. The van der Waals surface area contributed by atoms with Crippen molar-refractivity contribution in [1.82, 2.24) is 9.88 Å². The van der Waals surface area contributed by atoms with Crippen LogP contribution < -0.4 is 15.2 Å². The molecule has 3 heterocycles. The summed E-state index contributed by atoms with van der Waals surface area (Å²) in [5, 5.41) is 0.767. The van der Waals surface area contributed by atoms with Gasteiger partial charge in [-0.1, -0.05) is 60.7 Å². The van der Waals surface area contributed by atoms with Crippen LogP contribution in [0.25, 0.3) is 32.6 Å². The number of nitrogens with zero attached hydrogens (tertiary/aromatic N) is 2. The molecule has 0 atom stereocenters. The summed E-state index contributed by atoms with van der Waals surface area (Å²) in [5.41, 5.74) is 12.1. The third-order valence-electron chi connectivity index (χ3n) is 7.93. The molecule has 0 bridgehead atoms. The molecule has 0 radical (unpaired) electrons. The van der Waals surface area contributed by atoms with Crippen molar-refractivity contribution < 1.29 is 14.3 Å². The molecule has 5 aromatic rings. The van der Waals surface area contributed by atoms with Crippen LogP contribution in [0.2, 0.25) is 0 Å². The molecular weight excluding hydrogens is 530 g/mol. The van der Waals surface area contributed by atoms with Crippen molar-refractivity contribution in [3.8, 4) is 33.9 Å². The zero-order valence-corrected chi connectivity index (χ0v) is 24.1. The number of nitrogens with two attached hydrogens (primary N) is 1. The van der Waals surface area contributed by atoms with E-state index in [0.29, 0.717) is 28.0 Å². The molecule has 1 aliphatic rings. The van der Waals surface area contributed by atoms with E-state index in [1.54, 1.807) is 14.2 Å². The Kier molecular flexibility index (Phi) is 7.61. The highest BCUT2D eigenvalue weighted by Crippen LogP contribution is 2.45. The van der Waals surface area contributed by atoms with Gasteiger partial charge in [-0.25, -0.2) is 4.98 Å². The normalized spacial score (nSPS) is 13.9. The Morgan fingerprint density at radius 3 is 2.32 bits per heavy atom. The molecule has 0 unspecified atom stereocenters. The Labute approximate surface area is 244 Å². The predicted octanol–water partition coefficient (Wildman–Crippen LogP) is 7.32. The molecule has 3 aromatic carbocycles. The number of piperidine rings is 1. The minimum absolute atomic E-state index is 0.0199. The number of amides is 1. The number of carbonyl (C=O) groups is 1. The van der Waals surface area contributed by atoms with Gasteiger partial charge < -0.3 is 20.1 Å². The summed E-state index contributed by atoms with van der Waals surface area (Å²) in [5.74, 6) is 1.95. The molecule has 1 amide bonds. The smallest absolute Gasteiger partial charge is 0.266 e. The quantitative estimate of drug-likeness (QED) is 0.224. The fourth-order valence-corrected chi connectivity index (χ4v) is 6.79. The third kappa shape index (κ3) is 5.37. The van der Waals surface area contributed by atoms with Crippen LogP contribution in [0.3, 0.4) is 0 Å². The second kappa shape index (κ2) is 11.6. The van der Waals surface area contributed by atoms with Crippen LogP contribution in [0.5, 0.6) is 11.5 Å². The van der Waals surface area contributed by atoms with Crippen molar-refractivity contribution >= 4 is 33.1 Å². The van der Waals surface area contributed by atoms with E-state index < -0.39 is 0 Å². The number of aromatic nitrogens is 1. The first kappa shape index (κ1) is 26.8. The van der Waals surface area contributed by atoms with E-state index in [4.69, 9.17) is 20.2 Å². The van der Waals surface area contributed by atoms with Crippen LogP contribution in [-0.4, -0.2) is 43.1 Å². The number of methoxy groups -OCH3 is 2. The van der Waals surface area contributed by atoms with E-state index in [-0.39, 0.29) is 5.91 Å². The molecule has 1 fully saturated rings. The molecule has 2 N–H and O–H groups in total. The van der Waals surface area contributed by atoms with Crippen molar-refractivity contribution in [2.75, 3.05) is 33.0 Å². The maximum absolute atomic E-state index is 13.9. The number of thiophene rings is 1. The first-order valence-electron chi connectivity index (χ1n) is 13.9. The first-order valence-corrected chi connectivity index (χ1v) is 14.7. The average molecular weight is 564 g/mol. The molecule has 0 aliphatic carbocycles. The second-order valence-corrected chi connectivity index (χ2v) is 11.4. The predicted molar refractivity (Wildman–Crippen MR) is 167 cm³/mol. The molecule has 208 valence electrons. The molecule has 1 aliphatic heterocycles. The minimum Gasteiger partial charge on any atom is -0.497 e. The first-order chi connectivity index (χ1) is 20.1. The Morgan fingerprint density at radius 1 is 0.927 bits per heavy atom. The molecule has 0 spiro atoms. The zero-order valence-electron chi connectivity index (χ0n) is 23.3. The summed E-state index contributed by atoms with van der Waals surface area (Å²) >= 11 is 1.37. The van der Waals surface area contributed by atoms with Gasteiger partial charge in [0.15, 0.2) is 0 Å². The standard InChI is InChI=1S/C34H33N3O3S/c1-39-25-13-14-29(40-2)26(20-25)27-21-28(24-11-7-4-8-12-24)36-33-30(27)31(35)32(41-33)34(38)37-17-15-23(16-18-37)19-22-9-5-3-6-10-22/h3-14,20-21,23H,15-19,35H2,1-2H3. The number of hydrogen-bond donors (Lipinski definition) is 1. The lowest BCUT2D eigenvalue weighted by molar-refractivity contribution is 0.0696. The second-order valence-electron chi connectivity index (χ2n) is 10.4. The Hall–Kier alpha value is -4.36. The SMILES string of the molecule is COc1ccc(OC)c(-c2cc(-c3ccccc3)nc3sc(C(=O)N4CCC(Cc5ccccc5)CC4)c(N)c23)c1. The van der Waals surface area contributed by atoms with Crippen LogP contribution in [0.4, 0.5) is 5.69 Å². The lowest BCUT2D eigenvalue weighted by Gasteiger charge is -2.32. The maximum Gasteiger partial charge on any atom is 0.266 e. The van der Waals surface area contributed by atoms with Crippen molar-refractivity contribution in [2.45, 2.75) is 19.3 Å². The highest BCUT2D eigenvalue weighted by Gasteiger charge is 2.29. The number of anilines is 1. The van der Waals surface area contributed by atoms with Crippen LogP contribution in [0.1, 0.15) is 28.1 Å². The van der Waals surface area contributed by atoms with Gasteiger partial charge in [-0.3, -0.25) is 4.79 Å². The molecule has 2 aromatic heterocycles. The summed E-state index contributed by atoms with van der Waals surface area (Å²) in [6, 6.07) is 28.3. The fraction of sp³-hybridized carbons (Fsp3) is 0.235. The lowest BCUT2D eigenvalue weighted by atomic mass is 9.90. The van der Waals surface area contributed by atoms with Crippen molar-refractivity contribution in [3.63, 3.8) is 0 Å². The molecule has 7 heteroatoms. The van der Waals surface area contributed by atoms with Gasteiger partial charge in [0.25, 0.3) is 5.91 Å². The van der Waals surface area contributed by atoms with Gasteiger partial charge in [-0.2, -0.15) is 0 Å². The van der Waals surface area contributed by atoms with Gasteiger partial charge in [0, 0.05) is 35.2 Å². The summed E-state index contributed by atoms with van der Waals surface area (Å²) in [7, 11) is 3.29. The summed E-state index contributed by atoms with van der Waals surface area (Å²) in [6.07, 6.45) is 3.01. The number of pyridine rings is 1. The van der Waals surface area contributed by atoms with Gasteiger partial charge >= 0.3 is 0 Å². The number of hydrogen-bond acceptors (Lipinski definition) is 6. The molecule has 0 saturated carbocycles. The van der Waals surface area contributed by atoms with Gasteiger partial charge in [0.05, 0.1) is 25.6 Å². The van der Waals surface area contributed by atoms with Crippen LogP contribution >= 0.6 is 11.3 Å². The Balaban J connectivity index is 1.38. The molecule has 41 heavy (non-hydrogen) atoms. The highest BCUT2D eigenvalue weighted by atomic mass is 32.1. The molecule has 6 nitrogen and oxygen atoms in total. The van der Waals surface area contributed by atoms with E-state index in [9.17, 15) is 4.79 Å². The van der Waals surface area contributed by atoms with Gasteiger partial charge in [0.1, 0.15) is 21.2 Å². The van der Waals surface area contributed by atoms with E-state index in [2.05, 4.69) is 24.3 Å². The van der Waals surface area contributed by atoms with Crippen LogP contribution in [0, 0.1) is 5.92 Å². The number of rotatable bonds is 7. The van der Waals surface area contributed by atoms with Crippen molar-refractivity contribution in [2.24, 2.45) is 5.92 Å². The zero-order chi connectivity index (χ0) is 28.3.